The monoisotopic (exact) mass is 443 g/mol. The minimum atomic E-state index is -3.68. The van der Waals surface area contributed by atoms with Gasteiger partial charge in [0.2, 0.25) is 21.8 Å². The quantitative estimate of drug-likeness (QED) is 0.707. The number of aromatic nitrogens is 1. The largest absolute Gasteiger partial charge is 0.481 e. The molecule has 1 saturated heterocycles. The lowest BCUT2D eigenvalue weighted by atomic mass is 9.91. The number of hydrogen-bond acceptors (Lipinski definition) is 6. The van der Waals surface area contributed by atoms with E-state index in [0.717, 1.165) is 41.5 Å². The molecule has 0 atom stereocenters. The zero-order valence-corrected chi connectivity index (χ0v) is 19.0. The predicted molar refractivity (Wildman–Crippen MR) is 120 cm³/mol. The Morgan fingerprint density at radius 2 is 2.03 bits per heavy atom. The topological polar surface area (TPSA) is 88.6 Å². The van der Waals surface area contributed by atoms with Gasteiger partial charge in [0.25, 0.3) is 0 Å². The standard InChI is InChI=1S/C23H29N3O4S/c1-15(2)26-13-18(14-26)31(28,29)25-22(27)12-21-19-6-4-5-16(19)7-8-20(21)17-9-10-24-23(11-17)30-3/h7-11,15,18H,4-6,12-14H2,1-3H3,(H,25,27). The first-order valence-electron chi connectivity index (χ1n) is 10.7. The van der Waals surface area contributed by atoms with E-state index in [4.69, 9.17) is 4.74 Å². The van der Waals surface area contributed by atoms with Crippen LogP contribution in [0.15, 0.2) is 30.5 Å². The number of rotatable bonds is 7. The van der Waals surface area contributed by atoms with Gasteiger partial charge in [0.15, 0.2) is 0 Å². The van der Waals surface area contributed by atoms with Gasteiger partial charge >= 0.3 is 0 Å². The van der Waals surface area contributed by atoms with Crippen LogP contribution in [0.4, 0.5) is 0 Å². The SMILES string of the molecule is COc1cc(-c2ccc3c(c2CC(=O)NS(=O)(=O)C2CN(C(C)C)C2)CCC3)ccn1. The van der Waals surface area contributed by atoms with E-state index in [0.29, 0.717) is 25.0 Å². The third-order valence-electron chi connectivity index (χ3n) is 6.29. The van der Waals surface area contributed by atoms with Crippen molar-refractivity contribution in [2.75, 3.05) is 20.2 Å². The number of pyridine rings is 1. The molecule has 0 bridgehead atoms. The Hall–Kier alpha value is -2.45. The van der Waals surface area contributed by atoms with Crippen molar-refractivity contribution in [1.82, 2.24) is 14.6 Å². The van der Waals surface area contributed by atoms with Gasteiger partial charge in [-0.2, -0.15) is 0 Å². The zero-order chi connectivity index (χ0) is 22.2. The summed E-state index contributed by atoms with van der Waals surface area (Å²) in [5.41, 5.74) is 5.12. The number of benzene rings is 1. The Morgan fingerprint density at radius 3 is 2.74 bits per heavy atom. The van der Waals surface area contributed by atoms with Crippen molar-refractivity contribution in [2.24, 2.45) is 0 Å². The average molecular weight is 444 g/mol. The van der Waals surface area contributed by atoms with Gasteiger partial charge in [-0.1, -0.05) is 12.1 Å². The summed E-state index contributed by atoms with van der Waals surface area (Å²) in [5.74, 6) is 0.0150. The molecule has 0 radical (unpaired) electrons. The van der Waals surface area contributed by atoms with Crippen LogP contribution in [0.2, 0.25) is 0 Å². The molecule has 31 heavy (non-hydrogen) atoms. The molecule has 1 aromatic heterocycles. The highest BCUT2D eigenvalue weighted by atomic mass is 32.2. The second kappa shape index (κ2) is 8.59. The highest BCUT2D eigenvalue weighted by Crippen LogP contribution is 2.34. The Labute approximate surface area is 183 Å². The maximum atomic E-state index is 12.9. The van der Waals surface area contributed by atoms with Crippen molar-refractivity contribution in [3.63, 3.8) is 0 Å². The van der Waals surface area contributed by atoms with Gasteiger partial charge in [-0.25, -0.2) is 13.4 Å². The van der Waals surface area contributed by atoms with Crippen molar-refractivity contribution >= 4 is 15.9 Å². The smallest absolute Gasteiger partial charge is 0.240 e. The molecule has 0 saturated carbocycles. The molecular formula is C23H29N3O4S. The highest BCUT2D eigenvalue weighted by Gasteiger charge is 2.39. The van der Waals surface area contributed by atoms with Gasteiger partial charge in [-0.05, 0) is 67.0 Å². The fourth-order valence-corrected chi connectivity index (χ4v) is 5.76. The molecule has 1 amide bonds. The number of fused-ring (bicyclic) bond motifs is 1. The maximum Gasteiger partial charge on any atom is 0.240 e. The van der Waals surface area contributed by atoms with E-state index in [9.17, 15) is 13.2 Å². The fourth-order valence-electron chi connectivity index (χ4n) is 4.43. The third-order valence-corrected chi connectivity index (χ3v) is 7.98. The molecule has 8 heteroatoms. The predicted octanol–water partition coefficient (Wildman–Crippen LogP) is 2.33. The van der Waals surface area contributed by atoms with E-state index in [1.807, 2.05) is 32.0 Å². The lowest BCUT2D eigenvalue weighted by Crippen LogP contribution is -2.60. The van der Waals surface area contributed by atoms with Crippen LogP contribution in [0, 0.1) is 0 Å². The fraction of sp³-hybridized carbons (Fsp3) is 0.478. The number of nitrogens with zero attached hydrogens (tertiary/aromatic N) is 2. The second-order valence-electron chi connectivity index (χ2n) is 8.59. The second-order valence-corrected chi connectivity index (χ2v) is 10.5. The average Bonchev–Trinajstić information content (AvgIpc) is 3.15. The van der Waals surface area contributed by atoms with Crippen LogP contribution >= 0.6 is 0 Å². The minimum absolute atomic E-state index is 0.0307. The summed E-state index contributed by atoms with van der Waals surface area (Å²) in [4.78, 5) is 19.1. The van der Waals surface area contributed by atoms with Crippen LogP contribution < -0.4 is 9.46 Å². The number of carbonyl (C=O) groups is 1. The number of aryl methyl sites for hydroxylation is 1. The molecular weight excluding hydrogens is 414 g/mol. The lowest BCUT2D eigenvalue weighted by molar-refractivity contribution is -0.118. The summed E-state index contributed by atoms with van der Waals surface area (Å²) in [6, 6.07) is 8.14. The van der Waals surface area contributed by atoms with E-state index in [2.05, 4.69) is 20.7 Å². The van der Waals surface area contributed by atoms with Crippen molar-refractivity contribution in [3.05, 3.63) is 47.2 Å². The molecule has 1 N–H and O–H groups in total. The van der Waals surface area contributed by atoms with Gasteiger partial charge in [-0.15, -0.1) is 0 Å². The first-order valence-corrected chi connectivity index (χ1v) is 12.3. The molecule has 1 aliphatic heterocycles. The van der Waals surface area contributed by atoms with E-state index in [1.165, 1.54) is 5.56 Å². The number of amides is 1. The Kier molecular flexibility index (Phi) is 6.03. The number of carbonyl (C=O) groups excluding carboxylic acids is 1. The molecule has 166 valence electrons. The van der Waals surface area contributed by atoms with E-state index in [1.54, 1.807) is 13.3 Å². The molecule has 2 heterocycles. The summed E-state index contributed by atoms with van der Waals surface area (Å²) in [5, 5.41) is -0.538. The normalized spacial score (nSPS) is 16.8. The molecule has 2 aromatic rings. The van der Waals surface area contributed by atoms with Crippen LogP contribution in [-0.4, -0.2) is 55.7 Å². The van der Waals surface area contributed by atoms with E-state index in [-0.39, 0.29) is 6.42 Å². The number of methoxy groups -OCH3 is 1. The zero-order valence-electron chi connectivity index (χ0n) is 18.2. The summed E-state index contributed by atoms with van der Waals surface area (Å²) in [7, 11) is -2.12. The minimum Gasteiger partial charge on any atom is -0.481 e. The van der Waals surface area contributed by atoms with Crippen LogP contribution in [0.25, 0.3) is 11.1 Å². The number of likely N-dealkylation sites (tertiary alicyclic amines) is 1. The summed E-state index contributed by atoms with van der Waals surface area (Å²) >= 11 is 0. The lowest BCUT2D eigenvalue weighted by Gasteiger charge is -2.41. The van der Waals surface area contributed by atoms with Crippen molar-refractivity contribution < 1.29 is 17.9 Å². The van der Waals surface area contributed by atoms with Crippen molar-refractivity contribution in [1.29, 1.82) is 0 Å². The molecule has 1 aliphatic carbocycles. The molecule has 1 aromatic carbocycles. The van der Waals surface area contributed by atoms with Crippen molar-refractivity contribution in [3.8, 4) is 17.0 Å². The van der Waals surface area contributed by atoms with Gasteiger partial charge in [0.1, 0.15) is 5.25 Å². The van der Waals surface area contributed by atoms with E-state index >= 15 is 0 Å². The van der Waals surface area contributed by atoms with Gasteiger partial charge in [0.05, 0.1) is 13.5 Å². The molecule has 7 nitrogen and oxygen atoms in total. The Morgan fingerprint density at radius 1 is 1.26 bits per heavy atom. The number of sulfonamides is 1. The molecule has 0 unspecified atom stereocenters. The number of ether oxygens (including phenoxy) is 1. The van der Waals surface area contributed by atoms with Crippen LogP contribution in [-0.2, 0) is 34.1 Å². The molecule has 1 fully saturated rings. The van der Waals surface area contributed by atoms with Gasteiger partial charge in [0, 0.05) is 31.4 Å². The number of hydrogen-bond donors (Lipinski definition) is 1. The molecule has 2 aliphatic rings. The Bertz CT molecular complexity index is 1090. The molecule has 4 rings (SSSR count). The Balaban J connectivity index is 1.58. The van der Waals surface area contributed by atoms with Gasteiger partial charge < -0.3 is 4.74 Å². The van der Waals surface area contributed by atoms with Crippen molar-refractivity contribution in [2.45, 2.75) is 50.8 Å². The van der Waals surface area contributed by atoms with E-state index < -0.39 is 21.2 Å². The van der Waals surface area contributed by atoms with Crippen LogP contribution in [0.3, 0.4) is 0 Å². The first kappa shape index (κ1) is 21.8. The third kappa shape index (κ3) is 4.45. The highest BCUT2D eigenvalue weighted by molar-refractivity contribution is 7.90. The maximum absolute atomic E-state index is 12.9. The van der Waals surface area contributed by atoms with Gasteiger partial charge in [-0.3, -0.25) is 14.4 Å². The summed E-state index contributed by atoms with van der Waals surface area (Å²) < 4.78 is 32.9. The van der Waals surface area contributed by atoms with Crippen LogP contribution in [0.5, 0.6) is 5.88 Å². The van der Waals surface area contributed by atoms with Crippen LogP contribution in [0.1, 0.15) is 37.0 Å². The number of nitrogens with one attached hydrogen (secondary N) is 1. The summed E-state index contributed by atoms with van der Waals surface area (Å²) in [6.45, 7) is 4.99. The first-order chi connectivity index (χ1) is 14.8. The molecule has 0 spiro atoms. The summed E-state index contributed by atoms with van der Waals surface area (Å²) in [6.07, 6.45) is 4.62.